The molecule has 2 heterocycles. The van der Waals surface area contributed by atoms with Gasteiger partial charge >= 0.3 is 18.3 Å². The van der Waals surface area contributed by atoms with E-state index in [2.05, 4.69) is 20.5 Å². The van der Waals surface area contributed by atoms with Crippen molar-refractivity contribution < 1.29 is 39.9 Å². The molecule has 206 valence electrons. The monoisotopic (exact) mass is 558 g/mol. The van der Waals surface area contributed by atoms with E-state index >= 15 is 0 Å². The zero-order valence-electron chi connectivity index (χ0n) is 20.1. The molecular formula is C24H18F8N6O. The Labute approximate surface area is 215 Å². The molecule has 2 aromatic heterocycles. The van der Waals surface area contributed by atoms with Gasteiger partial charge in [-0.15, -0.1) is 0 Å². The van der Waals surface area contributed by atoms with Crippen LogP contribution in [-0.2, 0) is 32.7 Å². The standard InChI is InChI=1S/C24H18F8N6O/c1-37-17(16(23(27,28)29)18(35-37)22(25,26)24(30,31)32)20-34-19(36-38(20)2)14-9-6-10-15(11-14)21(39)33-12-13-7-4-3-5-8-13/h3-11H,12H2,1-2H3,(H,33,39). The molecule has 0 atom stereocenters. The zero-order chi connectivity index (χ0) is 28.8. The van der Waals surface area contributed by atoms with Gasteiger partial charge in [-0.05, 0) is 17.7 Å². The molecule has 39 heavy (non-hydrogen) atoms. The molecule has 0 radical (unpaired) electrons. The highest BCUT2D eigenvalue weighted by Crippen LogP contribution is 2.50. The van der Waals surface area contributed by atoms with Gasteiger partial charge in [-0.2, -0.15) is 45.3 Å². The molecule has 4 aromatic rings. The number of hydrogen-bond donors (Lipinski definition) is 1. The number of nitrogens with one attached hydrogen (secondary N) is 1. The smallest absolute Gasteiger partial charge is 0.348 e. The lowest BCUT2D eigenvalue weighted by atomic mass is 10.1. The average Bonchev–Trinajstić information content (AvgIpc) is 3.42. The second-order valence-electron chi connectivity index (χ2n) is 8.40. The Balaban J connectivity index is 1.73. The number of carbonyl (C=O) groups is 1. The second kappa shape index (κ2) is 9.78. The van der Waals surface area contributed by atoms with E-state index < -0.39 is 47.0 Å². The first-order valence-corrected chi connectivity index (χ1v) is 11.0. The lowest BCUT2D eigenvalue weighted by Gasteiger charge is -2.19. The van der Waals surface area contributed by atoms with Crippen LogP contribution in [0.5, 0.6) is 0 Å². The maximum Gasteiger partial charge on any atom is 0.459 e. The molecule has 1 N–H and O–H groups in total. The Hall–Kier alpha value is -4.30. The first-order valence-electron chi connectivity index (χ1n) is 11.0. The zero-order valence-corrected chi connectivity index (χ0v) is 20.1. The Morgan fingerprint density at radius 1 is 0.872 bits per heavy atom. The van der Waals surface area contributed by atoms with Gasteiger partial charge in [0.2, 0.25) is 0 Å². The van der Waals surface area contributed by atoms with Gasteiger partial charge in [-0.25, -0.2) is 9.67 Å². The number of hydrogen-bond acceptors (Lipinski definition) is 4. The summed E-state index contributed by atoms with van der Waals surface area (Å²) < 4.78 is 110. The van der Waals surface area contributed by atoms with Gasteiger partial charge < -0.3 is 5.32 Å². The fourth-order valence-electron chi connectivity index (χ4n) is 3.80. The highest BCUT2D eigenvalue weighted by Gasteiger charge is 2.64. The maximum absolute atomic E-state index is 14.0. The van der Waals surface area contributed by atoms with Gasteiger partial charge in [0.1, 0.15) is 11.3 Å². The van der Waals surface area contributed by atoms with Gasteiger partial charge in [0.15, 0.2) is 17.3 Å². The van der Waals surface area contributed by atoms with Crippen LogP contribution in [0.15, 0.2) is 54.6 Å². The van der Waals surface area contributed by atoms with Crippen molar-refractivity contribution in [1.29, 1.82) is 0 Å². The minimum Gasteiger partial charge on any atom is -0.348 e. The number of amides is 1. The van der Waals surface area contributed by atoms with Crippen LogP contribution in [-0.4, -0.2) is 36.6 Å². The molecule has 7 nitrogen and oxygen atoms in total. The summed E-state index contributed by atoms with van der Waals surface area (Å²) in [5.74, 6) is -7.24. The van der Waals surface area contributed by atoms with Gasteiger partial charge in [0, 0.05) is 31.8 Å². The minimum absolute atomic E-state index is 0.168. The van der Waals surface area contributed by atoms with Crippen LogP contribution < -0.4 is 5.32 Å². The van der Waals surface area contributed by atoms with Crippen molar-refractivity contribution >= 4 is 5.91 Å². The number of aryl methyl sites for hydroxylation is 2. The van der Waals surface area contributed by atoms with Crippen molar-refractivity contribution in [1.82, 2.24) is 29.9 Å². The molecule has 0 saturated carbocycles. The van der Waals surface area contributed by atoms with Crippen LogP contribution in [0.3, 0.4) is 0 Å². The molecule has 0 fully saturated rings. The van der Waals surface area contributed by atoms with E-state index in [1.165, 1.54) is 24.3 Å². The fourth-order valence-corrected chi connectivity index (χ4v) is 3.80. The van der Waals surface area contributed by atoms with E-state index in [-0.39, 0.29) is 28.2 Å². The first kappa shape index (κ1) is 27.7. The third kappa shape index (κ3) is 5.33. The van der Waals surface area contributed by atoms with E-state index in [0.29, 0.717) is 0 Å². The van der Waals surface area contributed by atoms with Crippen molar-refractivity contribution in [3.63, 3.8) is 0 Å². The normalized spacial score (nSPS) is 12.6. The van der Waals surface area contributed by atoms with Crippen molar-refractivity contribution in [3.05, 3.63) is 77.0 Å². The van der Waals surface area contributed by atoms with Crippen LogP contribution in [0.25, 0.3) is 22.9 Å². The van der Waals surface area contributed by atoms with E-state index in [1.54, 1.807) is 24.3 Å². The summed E-state index contributed by atoms with van der Waals surface area (Å²) in [6.45, 7) is 0.224. The quantitative estimate of drug-likeness (QED) is 0.318. The Kier molecular flexibility index (Phi) is 6.95. The van der Waals surface area contributed by atoms with Crippen LogP contribution in [0, 0.1) is 0 Å². The van der Waals surface area contributed by atoms with Crippen molar-refractivity contribution in [2.75, 3.05) is 0 Å². The van der Waals surface area contributed by atoms with Crippen LogP contribution in [0.2, 0.25) is 0 Å². The van der Waals surface area contributed by atoms with E-state index in [0.717, 1.165) is 24.3 Å². The first-order chi connectivity index (χ1) is 18.1. The summed E-state index contributed by atoms with van der Waals surface area (Å²) in [7, 11) is 1.92. The lowest BCUT2D eigenvalue weighted by Crippen LogP contribution is -2.36. The highest BCUT2D eigenvalue weighted by atomic mass is 19.4. The molecule has 1 amide bonds. The SMILES string of the molecule is Cn1nc(-c2cccc(C(=O)NCc3ccccc3)c2)nc1-c1c(C(F)(F)F)c(C(F)(F)C(F)(F)F)nn1C. The molecule has 2 aromatic carbocycles. The molecule has 4 rings (SSSR count). The number of carbonyl (C=O) groups excluding carboxylic acids is 1. The van der Waals surface area contributed by atoms with Gasteiger partial charge in [-0.3, -0.25) is 9.48 Å². The molecule has 0 aliphatic heterocycles. The number of aromatic nitrogens is 5. The third-order valence-electron chi connectivity index (χ3n) is 5.64. The number of benzene rings is 2. The van der Waals surface area contributed by atoms with Gasteiger partial charge in [0.25, 0.3) is 5.91 Å². The maximum atomic E-state index is 14.0. The Bertz CT molecular complexity index is 1510. The summed E-state index contributed by atoms with van der Waals surface area (Å²) in [5.41, 5.74) is -4.74. The third-order valence-corrected chi connectivity index (χ3v) is 5.64. The van der Waals surface area contributed by atoms with E-state index in [9.17, 15) is 39.9 Å². The molecule has 0 unspecified atom stereocenters. The lowest BCUT2D eigenvalue weighted by molar-refractivity contribution is -0.292. The molecule has 15 heteroatoms. The van der Waals surface area contributed by atoms with Gasteiger partial charge in [0.05, 0.1) is 0 Å². The topological polar surface area (TPSA) is 77.6 Å². The molecule has 0 bridgehead atoms. The number of alkyl halides is 8. The average molecular weight is 558 g/mol. The number of rotatable bonds is 6. The van der Waals surface area contributed by atoms with Gasteiger partial charge in [-0.1, -0.05) is 42.5 Å². The molecule has 0 aliphatic rings. The Morgan fingerprint density at radius 3 is 2.15 bits per heavy atom. The van der Waals surface area contributed by atoms with Crippen LogP contribution >= 0.6 is 0 Å². The highest BCUT2D eigenvalue weighted by molar-refractivity contribution is 5.95. The fraction of sp³-hybridized carbons (Fsp3) is 0.250. The second-order valence-corrected chi connectivity index (χ2v) is 8.40. The molecule has 0 saturated heterocycles. The van der Waals surface area contributed by atoms with Crippen LogP contribution in [0.4, 0.5) is 35.1 Å². The van der Waals surface area contributed by atoms with E-state index in [4.69, 9.17) is 0 Å². The Morgan fingerprint density at radius 2 is 1.54 bits per heavy atom. The number of nitrogens with zero attached hydrogens (tertiary/aromatic N) is 5. The largest absolute Gasteiger partial charge is 0.459 e. The summed E-state index contributed by atoms with van der Waals surface area (Å²) in [6, 6.07) is 14.8. The summed E-state index contributed by atoms with van der Waals surface area (Å²) in [4.78, 5) is 16.6. The van der Waals surface area contributed by atoms with E-state index in [1.807, 2.05) is 6.07 Å². The molecule has 0 aliphatic carbocycles. The molecule has 0 spiro atoms. The predicted octanol–water partition coefficient (Wildman–Crippen LogP) is 5.49. The summed E-state index contributed by atoms with van der Waals surface area (Å²) >= 11 is 0. The summed E-state index contributed by atoms with van der Waals surface area (Å²) in [5, 5.41) is 9.59. The predicted molar refractivity (Wildman–Crippen MR) is 121 cm³/mol. The molecular weight excluding hydrogens is 540 g/mol. The number of halogens is 8. The summed E-state index contributed by atoms with van der Waals surface area (Å²) in [6.07, 6.45) is -12.0. The van der Waals surface area contributed by atoms with Crippen LogP contribution in [0.1, 0.15) is 27.2 Å². The van der Waals surface area contributed by atoms with Crippen molar-refractivity contribution in [3.8, 4) is 22.9 Å². The van der Waals surface area contributed by atoms with Crippen molar-refractivity contribution in [2.45, 2.75) is 24.8 Å². The minimum atomic E-state index is -6.33. The van der Waals surface area contributed by atoms with Crippen molar-refractivity contribution in [2.24, 2.45) is 14.1 Å².